The van der Waals surface area contributed by atoms with Crippen molar-refractivity contribution >= 4 is 23.2 Å². The highest BCUT2D eigenvalue weighted by Crippen LogP contribution is 2.22. The lowest BCUT2D eigenvalue weighted by Gasteiger charge is -2.06. The van der Waals surface area contributed by atoms with Crippen LogP contribution in [-0.2, 0) is 0 Å². The molecule has 0 aliphatic rings. The SMILES string of the molecule is COc1cc(/C=C/c2cccc(-n3cnc4ccccc43)c2)ccc1C#N. The van der Waals surface area contributed by atoms with Crippen LogP contribution in [-0.4, -0.2) is 16.7 Å². The molecule has 1 heterocycles. The Morgan fingerprint density at radius 2 is 1.78 bits per heavy atom. The summed E-state index contributed by atoms with van der Waals surface area (Å²) in [6.45, 7) is 0. The van der Waals surface area contributed by atoms with Crippen LogP contribution in [0.1, 0.15) is 16.7 Å². The number of imidazole rings is 1. The van der Waals surface area contributed by atoms with E-state index in [1.165, 1.54) is 0 Å². The smallest absolute Gasteiger partial charge is 0.137 e. The Labute approximate surface area is 157 Å². The van der Waals surface area contributed by atoms with E-state index in [2.05, 4.69) is 39.9 Å². The number of hydrogen-bond acceptors (Lipinski definition) is 3. The van der Waals surface area contributed by atoms with Crippen LogP contribution in [0.3, 0.4) is 0 Å². The standard InChI is InChI=1S/C23H17N3O/c1-27-23-14-18(11-12-19(23)15-24)10-9-17-5-4-6-20(13-17)26-16-25-21-7-2-3-8-22(21)26/h2-14,16H,1H3/b10-9+. The molecule has 0 atom stereocenters. The molecular formula is C23H17N3O. The zero-order valence-corrected chi connectivity index (χ0v) is 14.8. The summed E-state index contributed by atoms with van der Waals surface area (Å²) in [4.78, 5) is 4.46. The maximum absolute atomic E-state index is 9.09. The van der Waals surface area contributed by atoms with E-state index in [0.29, 0.717) is 11.3 Å². The fourth-order valence-electron chi connectivity index (χ4n) is 3.04. The van der Waals surface area contributed by atoms with Gasteiger partial charge in [-0.2, -0.15) is 5.26 Å². The third kappa shape index (κ3) is 3.31. The highest BCUT2D eigenvalue weighted by molar-refractivity contribution is 5.78. The number of para-hydroxylation sites is 2. The van der Waals surface area contributed by atoms with Crippen molar-refractivity contribution in [2.45, 2.75) is 0 Å². The zero-order valence-electron chi connectivity index (χ0n) is 14.8. The summed E-state index contributed by atoms with van der Waals surface area (Å²) in [5.74, 6) is 0.582. The van der Waals surface area contributed by atoms with Crippen molar-refractivity contribution in [2.24, 2.45) is 0 Å². The second-order valence-electron chi connectivity index (χ2n) is 6.10. The second-order valence-corrected chi connectivity index (χ2v) is 6.10. The Bertz CT molecular complexity index is 1180. The van der Waals surface area contributed by atoms with Crippen LogP contribution in [0.2, 0.25) is 0 Å². The van der Waals surface area contributed by atoms with Crippen LogP contribution in [0, 0.1) is 11.3 Å². The van der Waals surface area contributed by atoms with Crippen LogP contribution in [0.25, 0.3) is 28.9 Å². The third-order valence-corrected chi connectivity index (χ3v) is 4.42. The Morgan fingerprint density at radius 3 is 2.59 bits per heavy atom. The molecule has 0 aliphatic carbocycles. The molecule has 0 amide bonds. The second kappa shape index (κ2) is 7.19. The number of aromatic nitrogens is 2. The first-order chi connectivity index (χ1) is 13.3. The van der Waals surface area contributed by atoms with Crippen LogP contribution >= 0.6 is 0 Å². The first-order valence-corrected chi connectivity index (χ1v) is 8.57. The number of methoxy groups -OCH3 is 1. The molecule has 4 rings (SSSR count). The van der Waals surface area contributed by atoms with Gasteiger partial charge in [0.25, 0.3) is 0 Å². The Balaban J connectivity index is 1.65. The molecule has 4 heteroatoms. The monoisotopic (exact) mass is 351 g/mol. The molecule has 0 saturated heterocycles. The van der Waals surface area contributed by atoms with Crippen LogP contribution in [0.15, 0.2) is 73.1 Å². The Kier molecular flexibility index (Phi) is 4.42. The predicted molar refractivity (Wildman–Crippen MR) is 108 cm³/mol. The first kappa shape index (κ1) is 16.6. The molecule has 0 N–H and O–H groups in total. The van der Waals surface area contributed by atoms with Gasteiger partial charge in [-0.05, 0) is 47.5 Å². The molecular weight excluding hydrogens is 334 g/mol. The lowest BCUT2D eigenvalue weighted by molar-refractivity contribution is 0.413. The molecule has 0 fully saturated rings. The summed E-state index contributed by atoms with van der Waals surface area (Å²) in [5.41, 5.74) is 5.70. The highest BCUT2D eigenvalue weighted by Gasteiger charge is 2.04. The minimum atomic E-state index is 0.531. The van der Waals surface area contributed by atoms with Crippen molar-refractivity contribution in [3.8, 4) is 17.5 Å². The van der Waals surface area contributed by atoms with Crippen molar-refractivity contribution in [3.63, 3.8) is 0 Å². The Hall–Kier alpha value is -3.84. The fraction of sp³-hybridized carbons (Fsp3) is 0.0435. The van der Waals surface area contributed by atoms with E-state index in [4.69, 9.17) is 10.00 Å². The van der Waals surface area contributed by atoms with E-state index in [9.17, 15) is 0 Å². The van der Waals surface area contributed by atoms with Crippen molar-refractivity contribution < 1.29 is 4.74 Å². The summed E-state index contributed by atoms with van der Waals surface area (Å²) in [6, 6.07) is 24.0. The van der Waals surface area contributed by atoms with Crippen LogP contribution < -0.4 is 4.74 Å². The van der Waals surface area contributed by atoms with E-state index >= 15 is 0 Å². The molecule has 4 nitrogen and oxygen atoms in total. The summed E-state index contributed by atoms with van der Waals surface area (Å²) in [5, 5.41) is 9.09. The lowest BCUT2D eigenvalue weighted by Crippen LogP contribution is -1.92. The zero-order chi connectivity index (χ0) is 18.6. The number of nitrogens with zero attached hydrogens (tertiary/aromatic N) is 3. The average Bonchev–Trinajstić information content (AvgIpc) is 3.16. The topological polar surface area (TPSA) is 50.8 Å². The number of ether oxygens (including phenoxy) is 1. The first-order valence-electron chi connectivity index (χ1n) is 8.57. The number of hydrogen-bond donors (Lipinski definition) is 0. The quantitative estimate of drug-likeness (QED) is 0.482. The van der Waals surface area contributed by atoms with Crippen molar-refractivity contribution in [1.29, 1.82) is 5.26 Å². The van der Waals surface area contributed by atoms with Gasteiger partial charge >= 0.3 is 0 Å². The molecule has 0 saturated carbocycles. The van der Waals surface area contributed by atoms with Gasteiger partial charge in [-0.15, -0.1) is 0 Å². The van der Waals surface area contributed by atoms with E-state index in [1.807, 2.05) is 54.9 Å². The molecule has 0 aliphatic heterocycles. The third-order valence-electron chi connectivity index (χ3n) is 4.42. The molecule has 0 radical (unpaired) electrons. The lowest BCUT2D eigenvalue weighted by atomic mass is 10.1. The van der Waals surface area contributed by atoms with Gasteiger partial charge in [0.05, 0.1) is 23.7 Å². The van der Waals surface area contributed by atoms with Crippen molar-refractivity contribution in [1.82, 2.24) is 9.55 Å². The molecule has 1 aromatic heterocycles. The molecule has 27 heavy (non-hydrogen) atoms. The summed E-state index contributed by atoms with van der Waals surface area (Å²) < 4.78 is 7.35. The minimum Gasteiger partial charge on any atom is -0.495 e. The highest BCUT2D eigenvalue weighted by atomic mass is 16.5. The summed E-state index contributed by atoms with van der Waals surface area (Å²) >= 11 is 0. The van der Waals surface area contributed by atoms with Gasteiger partial charge in [0.1, 0.15) is 18.1 Å². The molecule has 0 unspecified atom stereocenters. The van der Waals surface area contributed by atoms with Crippen LogP contribution in [0.4, 0.5) is 0 Å². The molecule has 130 valence electrons. The predicted octanol–water partition coefficient (Wildman–Crippen LogP) is 5.08. The van der Waals surface area contributed by atoms with Crippen LogP contribution in [0.5, 0.6) is 5.75 Å². The van der Waals surface area contributed by atoms with E-state index < -0.39 is 0 Å². The van der Waals surface area contributed by atoms with Crippen molar-refractivity contribution in [3.05, 3.63) is 89.7 Å². The van der Waals surface area contributed by atoms with Gasteiger partial charge in [0.2, 0.25) is 0 Å². The maximum atomic E-state index is 9.09. The van der Waals surface area contributed by atoms with Gasteiger partial charge in [-0.25, -0.2) is 4.98 Å². The molecule has 0 bridgehead atoms. The van der Waals surface area contributed by atoms with Gasteiger partial charge in [-0.1, -0.05) is 42.5 Å². The average molecular weight is 351 g/mol. The van der Waals surface area contributed by atoms with E-state index in [0.717, 1.165) is 27.8 Å². The number of benzene rings is 3. The van der Waals surface area contributed by atoms with Gasteiger partial charge in [-0.3, -0.25) is 4.57 Å². The van der Waals surface area contributed by atoms with Gasteiger partial charge in [0, 0.05) is 5.69 Å². The van der Waals surface area contributed by atoms with E-state index in [-0.39, 0.29) is 0 Å². The molecule has 4 aromatic rings. The number of fused-ring (bicyclic) bond motifs is 1. The van der Waals surface area contributed by atoms with Gasteiger partial charge in [0.15, 0.2) is 0 Å². The summed E-state index contributed by atoms with van der Waals surface area (Å²) in [7, 11) is 1.57. The van der Waals surface area contributed by atoms with Crippen molar-refractivity contribution in [2.75, 3.05) is 7.11 Å². The largest absolute Gasteiger partial charge is 0.495 e. The number of nitriles is 1. The number of rotatable bonds is 4. The molecule has 0 spiro atoms. The Morgan fingerprint density at radius 1 is 0.963 bits per heavy atom. The maximum Gasteiger partial charge on any atom is 0.137 e. The van der Waals surface area contributed by atoms with Gasteiger partial charge < -0.3 is 4.74 Å². The molecule has 3 aromatic carbocycles. The minimum absolute atomic E-state index is 0.531. The summed E-state index contributed by atoms with van der Waals surface area (Å²) in [6.07, 6.45) is 5.90. The fourth-order valence-corrected chi connectivity index (χ4v) is 3.04. The van der Waals surface area contributed by atoms with E-state index in [1.54, 1.807) is 13.2 Å². The normalized spacial score (nSPS) is 11.0.